The minimum atomic E-state index is -0.655. The summed E-state index contributed by atoms with van der Waals surface area (Å²) in [5, 5.41) is 12.3. The number of hydrogen-bond acceptors (Lipinski definition) is 4. The van der Waals surface area contributed by atoms with Crippen LogP contribution in [0.5, 0.6) is 5.75 Å². The number of phenolic OH excluding ortho intramolecular Hbond substituents is 1. The van der Waals surface area contributed by atoms with E-state index >= 15 is 0 Å². The third kappa shape index (κ3) is 4.57. The standard InChI is InChI=1S/C18H19NO4/c1-3-13-5-4-6-15(9-13)19-17(21)11-23-18(22)14-8-7-12(2)16(20)10-14/h4-10,20H,3,11H2,1-2H3,(H,19,21). The quantitative estimate of drug-likeness (QED) is 0.832. The van der Waals surface area contributed by atoms with E-state index in [1.807, 2.05) is 25.1 Å². The Morgan fingerprint density at radius 3 is 2.65 bits per heavy atom. The Morgan fingerprint density at radius 2 is 1.96 bits per heavy atom. The Labute approximate surface area is 134 Å². The lowest BCUT2D eigenvalue weighted by Crippen LogP contribution is -2.21. The van der Waals surface area contributed by atoms with Crippen molar-refractivity contribution >= 4 is 17.6 Å². The third-order valence-corrected chi connectivity index (χ3v) is 3.40. The lowest BCUT2D eigenvalue weighted by Gasteiger charge is -2.08. The molecule has 0 heterocycles. The second kappa shape index (κ2) is 7.45. The van der Waals surface area contributed by atoms with E-state index in [2.05, 4.69) is 5.32 Å². The number of phenols is 1. The van der Waals surface area contributed by atoms with Crippen molar-refractivity contribution in [3.63, 3.8) is 0 Å². The maximum atomic E-state index is 11.9. The van der Waals surface area contributed by atoms with Crippen LogP contribution in [-0.2, 0) is 16.0 Å². The van der Waals surface area contributed by atoms with Gasteiger partial charge < -0.3 is 15.2 Å². The molecule has 0 aromatic heterocycles. The van der Waals surface area contributed by atoms with Crippen LogP contribution in [-0.4, -0.2) is 23.6 Å². The summed E-state index contributed by atoms with van der Waals surface area (Å²) in [6.07, 6.45) is 0.871. The minimum absolute atomic E-state index is 0.0142. The third-order valence-electron chi connectivity index (χ3n) is 3.40. The molecular formula is C18H19NO4. The maximum absolute atomic E-state index is 11.9. The molecule has 5 nitrogen and oxygen atoms in total. The number of ether oxygens (including phenoxy) is 1. The Morgan fingerprint density at radius 1 is 1.17 bits per heavy atom. The highest BCUT2D eigenvalue weighted by Gasteiger charge is 2.12. The molecule has 120 valence electrons. The molecule has 5 heteroatoms. The fourth-order valence-electron chi connectivity index (χ4n) is 2.02. The Hall–Kier alpha value is -2.82. The highest BCUT2D eigenvalue weighted by Crippen LogP contribution is 2.18. The van der Waals surface area contributed by atoms with Gasteiger partial charge in [-0.15, -0.1) is 0 Å². The van der Waals surface area contributed by atoms with E-state index in [0.717, 1.165) is 12.0 Å². The number of rotatable bonds is 5. The fourth-order valence-corrected chi connectivity index (χ4v) is 2.02. The van der Waals surface area contributed by atoms with Gasteiger partial charge in [0.05, 0.1) is 5.56 Å². The zero-order valence-electron chi connectivity index (χ0n) is 13.1. The molecule has 0 saturated carbocycles. The van der Waals surface area contributed by atoms with Crippen molar-refractivity contribution in [1.29, 1.82) is 0 Å². The number of aromatic hydroxyl groups is 1. The minimum Gasteiger partial charge on any atom is -0.508 e. The van der Waals surface area contributed by atoms with Crippen molar-refractivity contribution in [2.75, 3.05) is 11.9 Å². The van der Waals surface area contributed by atoms with Crippen molar-refractivity contribution in [1.82, 2.24) is 0 Å². The van der Waals surface area contributed by atoms with Crippen LogP contribution < -0.4 is 5.32 Å². The highest BCUT2D eigenvalue weighted by atomic mass is 16.5. The number of amides is 1. The lowest BCUT2D eigenvalue weighted by molar-refractivity contribution is -0.119. The summed E-state index contributed by atoms with van der Waals surface area (Å²) in [5.41, 5.74) is 2.64. The zero-order chi connectivity index (χ0) is 16.8. The molecule has 0 aliphatic heterocycles. The maximum Gasteiger partial charge on any atom is 0.338 e. The average Bonchev–Trinajstić information content (AvgIpc) is 2.55. The number of anilines is 1. The number of carbonyl (C=O) groups is 2. The monoisotopic (exact) mass is 313 g/mol. The van der Waals surface area contributed by atoms with Gasteiger partial charge in [0.1, 0.15) is 5.75 Å². The first kappa shape index (κ1) is 16.5. The van der Waals surface area contributed by atoms with Gasteiger partial charge in [0.2, 0.25) is 0 Å². The molecule has 0 fully saturated rings. The van der Waals surface area contributed by atoms with Crippen molar-refractivity contribution in [3.05, 3.63) is 59.2 Å². The van der Waals surface area contributed by atoms with E-state index in [1.54, 1.807) is 25.1 Å². The molecule has 0 saturated heterocycles. The molecular weight excluding hydrogens is 294 g/mol. The first-order chi connectivity index (χ1) is 11.0. The number of carbonyl (C=O) groups excluding carboxylic acids is 2. The molecule has 2 aromatic rings. The normalized spacial score (nSPS) is 10.2. The van der Waals surface area contributed by atoms with Gasteiger partial charge in [0, 0.05) is 5.69 Å². The number of hydrogen-bond donors (Lipinski definition) is 2. The molecule has 0 atom stereocenters. The molecule has 0 aliphatic rings. The second-order valence-electron chi connectivity index (χ2n) is 5.18. The summed E-state index contributed by atoms with van der Waals surface area (Å²) in [7, 11) is 0. The van der Waals surface area contributed by atoms with Gasteiger partial charge in [0.15, 0.2) is 6.61 Å². The molecule has 23 heavy (non-hydrogen) atoms. The van der Waals surface area contributed by atoms with Crippen molar-refractivity contribution in [2.24, 2.45) is 0 Å². The summed E-state index contributed by atoms with van der Waals surface area (Å²) in [4.78, 5) is 23.7. The van der Waals surface area contributed by atoms with Gasteiger partial charge in [-0.2, -0.15) is 0 Å². The summed E-state index contributed by atoms with van der Waals surface area (Å²) in [5.74, 6) is -1.05. The Kier molecular flexibility index (Phi) is 5.36. The first-order valence-corrected chi connectivity index (χ1v) is 7.35. The molecule has 0 spiro atoms. The smallest absolute Gasteiger partial charge is 0.338 e. The van der Waals surface area contributed by atoms with Crippen LogP contribution in [0, 0.1) is 6.92 Å². The van der Waals surface area contributed by atoms with E-state index < -0.39 is 11.9 Å². The zero-order valence-corrected chi connectivity index (χ0v) is 13.1. The molecule has 0 unspecified atom stereocenters. The van der Waals surface area contributed by atoms with Crippen LogP contribution in [0.25, 0.3) is 0 Å². The van der Waals surface area contributed by atoms with Crippen molar-refractivity contribution in [2.45, 2.75) is 20.3 Å². The molecule has 0 bridgehead atoms. The molecule has 2 aromatic carbocycles. The first-order valence-electron chi connectivity index (χ1n) is 7.35. The van der Waals surface area contributed by atoms with Gasteiger partial charge >= 0.3 is 5.97 Å². The summed E-state index contributed by atoms with van der Waals surface area (Å²) in [6, 6.07) is 12.0. The molecule has 0 aliphatic carbocycles. The largest absolute Gasteiger partial charge is 0.508 e. The summed E-state index contributed by atoms with van der Waals surface area (Å²) in [6.45, 7) is 3.37. The van der Waals surface area contributed by atoms with Crippen LogP contribution >= 0.6 is 0 Å². The van der Waals surface area contributed by atoms with Crippen molar-refractivity contribution < 1.29 is 19.4 Å². The van der Waals surface area contributed by atoms with E-state index in [-0.39, 0.29) is 17.9 Å². The molecule has 2 N–H and O–H groups in total. The summed E-state index contributed by atoms with van der Waals surface area (Å²) < 4.78 is 4.95. The van der Waals surface area contributed by atoms with E-state index in [1.165, 1.54) is 6.07 Å². The topological polar surface area (TPSA) is 75.6 Å². The Bertz CT molecular complexity index is 725. The number of benzene rings is 2. The van der Waals surface area contributed by atoms with Gasteiger partial charge in [-0.3, -0.25) is 4.79 Å². The SMILES string of the molecule is CCc1cccc(NC(=O)COC(=O)c2ccc(C)c(O)c2)c1. The number of aryl methyl sites for hydroxylation is 2. The van der Waals surface area contributed by atoms with Crippen molar-refractivity contribution in [3.8, 4) is 5.75 Å². The molecule has 2 rings (SSSR count). The second-order valence-corrected chi connectivity index (χ2v) is 5.18. The van der Waals surface area contributed by atoms with Gasteiger partial charge in [0.25, 0.3) is 5.91 Å². The predicted octanol–water partition coefficient (Wildman–Crippen LogP) is 3.06. The van der Waals surface area contributed by atoms with Crippen LogP contribution in [0.15, 0.2) is 42.5 Å². The number of nitrogens with one attached hydrogen (secondary N) is 1. The predicted molar refractivity (Wildman–Crippen MR) is 87.6 cm³/mol. The lowest BCUT2D eigenvalue weighted by atomic mass is 10.1. The van der Waals surface area contributed by atoms with Crippen LogP contribution in [0.1, 0.15) is 28.4 Å². The van der Waals surface area contributed by atoms with Gasteiger partial charge in [-0.1, -0.05) is 25.1 Å². The summed E-state index contributed by atoms with van der Waals surface area (Å²) >= 11 is 0. The molecule has 1 amide bonds. The van der Waals surface area contributed by atoms with Crippen LogP contribution in [0.3, 0.4) is 0 Å². The average molecular weight is 313 g/mol. The fraction of sp³-hybridized carbons (Fsp3) is 0.222. The van der Waals surface area contributed by atoms with E-state index in [0.29, 0.717) is 11.3 Å². The number of esters is 1. The van der Waals surface area contributed by atoms with E-state index in [9.17, 15) is 14.7 Å². The molecule has 0 radical (unpaired) electrons. The highest BCUT2D eigenvalue weighted by molar-refractivity contribution is 5.95. The van der Waals surface area contributed by atoms with Gasteiger partial charge in [-0.05, 0) is 48.7 Å². The van der Waals surface area contributed by atoms with Crippen LogP contribution in [0.2, 0.25) is 0 Å². The Balaban J connectivity index is 1.90. The van der Waals surface area contributed by atoms with Gasteiger partial charge in [-0.25, -0.2) is 4.79 Å². The van der Waals surface area contributed by atoms with Crippen LogP contribution in [0.4, 0.5) is 5.69 Å². The van der Waals surface area contributed by atoms with E-state index in [4.69, 9.17) is 4.74 Å².